The fourth-order valence-corrected chi connectivity index (χ4v) is 2.45. The number of hydrogen-bond donors (Lipinski definition) is 1. The molecule has 0 unspecified atom stereocenters. The van der Waals surface area contributed by atoms with Gasteiger partial charge in [-0.05, 0) is 50.5 Å². The van der Waals surface area contributed by atoms with E-state index in [1.165, 1.54) is 0 Å². The van der Waals surface area contributed by atoms with E-state index in [1.54, 1.807) is 4.90 Å². The summed E-state index contributed by atoms with van der Waals surface area (Å²) < 4.78 is 5.63. The average molecular weight is 354 g/mol. The highest BCUT2D eigenvalue weighted by Gasteiger charge is 2.23. The number of rotatable bonds is 6. The first-order valence-electron chi connectivity index (χ1n) is 9.13. The Balaban J connectivity index is 2.27. The molecule has 0 aliphatic rings. The number of nitrogens with one attached hydrogen (secondary N) is 1. The Morgan fingerprint density at radius 2 is 1.77 bits per heavy atom. The van der Waals surface area contributed by atoms with Gasteiger partial charge in [0.15, 0.2) is 0 Å². The summed E-state index contributed by atoms with van der Waals surface area (Å²) in [6.07, 6.45) is -0.345. The SMILES string of the molecule is CC(C)CNc1cccc(N(Cc2ccccc2)C(=O)OC(C)(C)C)c1. The zero-order chi connectivity index (χ0) is 19.2. The predicted octanol–water partition coefficient (Wildman–Crippen LogP) is 5.70. The van der Waals surface area contributed by atoms with Gasteiger partial charge < -0.3 is 10.1 Å². The highest BCUT2D eigenvalue weighted by molar-refractivity contribution is 5.88. The van der Waals surface area contributed by atoms with Crippen molar-refractivity contribution in [1.29, 1.82) is 0 Å². The first-order chi connectivity index (χ1) is 12.2. The molecule has 2 aromatic rings. The van der Waals surface area contributed by atoms with Crippen molar-refractivity contribution in [2.24, 2.45) is 5.92 Å². The van der Waals surface area contributed by atoms with Crippen molar-refractivity contribution >= 4 is 17.5 Å². The number of carbonyl (C=O) groups excluding carboxylic acids is 1. The minimum Gasteiger partial charge on any atom is -0.443 e. The lowest BCUT2D eigenvalue weighted by molar-refractivity contribution is 0.0577. The summed E-state index contributed by atoms with van der Waals surface area (Å²) >= 11 is 0. The molecule has 2 aromatic carbocycles. The molecule has 0 fully saturated rings. The fraction of sp³-hybridized carbons (Fsp3) is 0.409. The zero-order valence-electron chi connectivity index (χ0n) is 16.5. The van der Waals surface area contributed by atoms with E-state index in [0.717, 1.165) is 23.5 Å². The van der Waals surface area contributed by atoms with Gasteiger partial charge in [-0.15, -0.1) is 0 Å². The van der Waals surface area contributed by atoms with E-state index in [1.807, 2.05) is 75.4 Å². The lowest BCUT2D eigenvalue weighted by Crippen LogP contribution is -2.36. The average Bonchev–Trinajstić information content (AvgIpc) is 2.57. The molecule has 2 rings (SSSR count). The summed E-state index contributed by atoms with van der Waals surface area (Å²) in [6, 6.07) is 17.9. The van der Waals surface area contributed by atoms with E-state index in [2.05, 4.69) is 19.2 Å². The van der Waals surface area contributed by atoms with Gasteiger partial charge in [0, 0.05) is 17.9 Å². The number of benzene rings is 2. The Morgan fingerprint density at radius 1 is 1.08 bits per heavy atom. The van der Waals surface area contributed by atoms with Crippen molar-refractivity contribution in [3.05, 3.63) is 60.2 Å². The summed E-state index contributed by atoms with van der Waals surface area (Å²) in [7, 11) is 0. The van der Waals surface area contributed by atoms with Crippen LogP contribution in [0.1, 0.15) is 40.2 Å². The molecule has 0 aliphatic carbocycles. The van der Waals surface area contributed by atoms with E-state index in [9.17, 15) is 4.79 Å². The largest absolute Gasteiger partial charge is 0.443 e. The Labute approximate surface area is 157 Å². The zero-order valence-corrected chi connectivity index (χ0v) is 16.5. The molecule has 0 spiro atoms. The Hall–Kier alpha value is -2.49. The smallest absolute Gasteiger partial charge is 0.415 e. The number of amides is 1. The molecule has 26 heavy (non-hydrogen) atoms. The summed E-state index contributed by atoms with van der Waals surface area (Å²) in [4.78, 5) is 14.5. The molecule has 140 valence electrons. The number of nitrogens with zero attached hydrogens (tertiary/aromatic N) is 1. The third-order valence-corrected chi connectivity index (χ3v) is 3.67. The van der Waals surface area contributed by atoms with Crippen LogP contribution in [-0.4, -0.2) is 18.2 Å². The molecule has 0 aliphatic heterocycles. The number of ether oxygens (including phenoxy) is 1. The molecule has 0 heterocycles. The molecule has 0 saturated carbocycles. The molecule has 1 N–H and O–H groups in total. The normalized spacial score (nSPS) is 11.3. The highest BCUT2D eigenvalue weighted by atomic mass is 16.6. The molecule has 1 amide bonds. The van der Waals surface area contributed by atoms with Gasteiger partial charge >= 0.3 is 6.09 Å². The van der Waals surface area contributed by atoms with E-state index < -0.39 is 5.60 Å². The molecule has 0 saturated heterocycles. The summed E-state index contributed by atoms with van der Waals surface area (Å²) in [5.74, 6) is 0.546. The second-order valence-electron chi connectivity index (χ2n) is 7.88. The Morgan fingerprint density at radius 3 is 2.38 bits per heavy atom. The first-order valence-corrected chi connectivity index (χ1v) is 9.13. The van der Waals surface area contributed by atoms with E-state index >= 15 is 0 Å². The standard InChI is InChI=1S/C22H30N2O2/c1-17(2)15-23-19-12-9-13-20(14-19)24(21(25)26-22(3,4)5)16-18-10-7-6-8-11-18/h6-14,17,23H,15-16H2,1-5H3. The molecule has 0 atom stereocenters. The molecule has 4 nitrogen and oxygen atoms in total. The Kier molecular flexibility index (Phi) is 6.67. The van der Waals surface area contributed by atoms with E-state index in [0.29, 0.717) is 12.5 Å². The molecule has 0 radical (unpaired) electrons. The summed E-state index contributed by atoms with van der Waals surface area (Å²) in [5.41, 5.74) is 2.33. The maximum atomic E-state index is 12.8. The van der Waals surface area contributed by atoms with Gasteiger partial charge in [0.05, 0.1) is 6.54 Å². The summed E-state index contributed by atoms with van der Waals surface area (Å²) in [6.45, 7) is 11.3. The monoisotopic (exact) mass is 354 g/mol. The van der Waals surface area contributed by atoms with Crippen molar-refractivity contribution < 1.29 is 9.53 Å². The lowest BCUT2D eigenvalue weighted by Gasteiger charge is -2.28. The third-order valence-electron chi connectivity index (χ3n) is 3.67. The van der Waals surface area contributed by atoms with E-state index in [-0.39, 0.29) is 6.09 Å². The maximum Gasteiger partial charge on any atom is 0.415 e. The number of carbonyl (C=O) groups is 1. The van der Waals surface area contributed by atoms with Gasteiger partial charge in [-0.2, -0.15) is 0 Å². The van der Waals surface area contributed by atoms with Crippen molar-refractivity contribution in [1.82, 2.24) is 0 Å². The molecular weight excluding hydrogens is 324 g/mol. The van der Waals surface area contributed by atoms with Crippen LogP contribution in [0.15, 0.2) is 54.6 Å². The van der Waals surface area contributed by atoms with Crippen LogP contribution in [0.5, 0.6) is 0 Å². The van der Waals surface area contributed by atoms with Crippen LogP contribution in [0.4, 0.5) is 16.2 Å². The van der Waals surface area contributed by atoms with Crippen molar-refractivity contribution in [3.8, 4) is 0 Å². The number of hydrogen-bond acceptors (Lipinski definition) is 3. The second-order valence-corrected chi connectivity index (χ2v) is 7.88. The maximum absolute atomic E-state index is 12.8. The number of anilines is 2. The summed E-state index contributed by atoms with van der Waals surface area (Å²) in [5, 5.41) is 3.41. The van der Waals surface area contributed by atoms with Crippen LogP contribution >= 0.6 is 0 Å². The van der Waals surface area contributed by atoms with Crippen LogP contribution in [0.25, 0.3) is 0 Å². The third kappa shape index (κ3) is 6.43. The van der Waals surface area contributed by atoms with Gasteiger partial charge in [0.1, 0.15) is 5.60 Å². The lowest BCUT2D eigenvalue weighted by atomic mass is 10.1. The predicted molar refractivity (Wildman–Crippen MR) is 109 cm³/mol. The topological polar surface area (TPSA) is 41.6 Å². The second kappa shape index (κ2) is 8.75. The van der Waals surface area contributed by atoms with Crippen LogP contribution in [-0.2, 0) is 11.3 Å². The highest BCUT2D eigenvalue weighted by Crippen LogP contribution is 2.24. The minimum absolute atomic E-state index is 0.345. The van der Waals surface area contributed by atoms with Crippen LogP contribution in [0.3, 0.4) is 0 Å². The first kappa shape index (κ1) is 19.8. The van der Waals surface area contributed by atoms with Crippen LogP contribution in [0, 0.1) is 5.92 Å². The fourth-order valence-electron chi connectivity index (χ4n) is 2.45. The quantitative estimate of drug-likeness (QED) is 0.724. The van der Waals surface area contributed by atoms with Crippen molar-refractivity contribution in [2.75, 3.05) is 16.8 Å². The van der Waals surface area contributed by atoms with Gasteiger partial charge in [0.25, 0.3) is 0 Å². The molecule has 0 bridgehead atoms. The van der Waals surface area contributed by atoms with Gasteiger partial charge in [0.2, 0.25) is 0 Å². The van der Waals surface area contributed by atoms with Crippen molar-refractivity contribution in [3.63, 3.8) is 0 Å². The Bertz CT molecular complexity index is 706. The molecular formula is C22H30N2O2. The van der Waals surface area contributed by atoms with Crippen LogP contribution < -0.4 is 10.2 Å². The minimum atomic E-state index is -0.542. The molecule has 4 heteroatoms. The van der Waals surface area contributed by atoms with Gasteiger partial charge in [-0.25, -0.2) is 4.79 Å². The van der Waals surface area contributed by atoms with E-state index in [4.69, 9.17) is 4.74 Å². The van der Waals surface area contributed by atoms with Crippen molar-refractivity contribution in [2.45, 2.75) is 46.8 Å². The van der Waals surface area contributed by atoms with Gasteiger partial charge in [-0.1, -0.05) is 50.2 Å². The van der Waals surface area contributed by atoms with Gasteiger partial charge in [-0.3, -0.25) is 4.90 Å². The van der Waals surface area contributed by atoms with Crippen LogP contribution in [0.2, 0.25) is 0 Å². The molecule has 0 aromatic heterocycles.